The Bertz CT molecular complexity index is 99.7. The topological polar surface area (TPSA) is 0 Å². The van der Waals surface area contributed by atoms with Crippen LogP contribution in [0, 0.1) is 17.8 Å². The lowest BCUT2D eigenvalue weighted by Crippen LogP contribution is -2.19. The Kier molecular flexibility index (Phi) is 2.98. The monoisotopic (exact) mass is 153 g/mol. The van der Waals surface area contributed by atoms with Crippen LogP contribution >= 0.6 is 0 Å². The van der Waals surface area contributed by atoms with Gasteiger partial charge in [0.15, 0.2) is 0 Å². The summed E-state index contributed by atoms with van der Waals surface area (Å²) in [7, 11) is 0. The molecule has 0 aromatic heterocycles. The summed E-state index contributed by atoms with van der Waals surface area (Å²) < 4.78 is 0. The summed E-state index contributed by atoms with van der Waals surface area (Å²) in [6.07, 6.45) is 9.45. The first kappa shape index (κ1) is 9.09. The molecule has 1 rings (SSSR count). The van der Waals surface area contributed by atoms with Crippen molar-refractivity contribution in [2.24, 2.45) is 11.3 Å². The minimum Gasteiger partial charge on any atom is -0.0599 e. The molecule has 0 amide bonds. The lowest BCUT2D eigenvalue weighted by atomic mass is 9.76. The highest BCUT2D eigenvalue weighted by Crippen LogP contribution is 2.36. The molecule has 0 aromatic carbocycles. The largest absolute Gasteiger partial charge is 0.0599 e. The second-order valence-electron chi connectivity index (χ2n) is 4.86. The molecule has 1 atom stereocenters. The van der Waals surface area contributed by atoms with E-state index in [0.29, 0.717) is 5.41 Å². The van der Waals surface area contributed by atoms with Crippen molar-refractivity contribution >= 4 is 0 Å². The minimum atomic E-state index is 0.540. The molecule has 0 heteroatoms. The first-order chi connectivity index (χ1) is 5.11. The summed E-state index contributed by atoms with van der Waals surface area (Å²) in [5.74, 6) is 0.959. The van der Waals surface area contributed by atoms with Crippen molar-refractivity contribution in [3.63, 3.8) is 0 Å². The van der Waals surface area contributed by atoms with E-state index >= 15 is 0 Å². The third kappa shape index (κ3) is 2.84. The maximum Gasteiger partial charge on any atom is -0.0354 e. The Morgan fingerprint density at radius 3 is 2.45 bits per heavy atom. The Hall–Kier alpha value is 0. The van der Waals surface area contributed by atoms with Crippen molar-refractivity contribution in [1.82, 2.24) is 0 Å². The van der Waals surface area contributed by atoms with Crippen molar-refractivity contribution in [3.05, 3.63) is 6.42 Å². The van der Waals surface area contributed by atoms with E-state index in [2.05, 4.69) is 27.2 Å². The number of hydrogen-bond donors (Lipinski definition) is 0. The number of rotatable bonds is 0. The lowest BCUT2D eigenvalue weighted by molar-refractivity contribution is 0.216. The molecule has 1 unspecified atom stereocenters. The van der Waals surface area contributed by atoms with Gasteiger partial charge in [-0.1, -0.05) is 33.6 Å². The fraction of sp³-hybridized carbons (Fsp3) is 0.909. The van der Waals surface area contributed by atoms with E-state index in [9.17, 15) is 0 Å². The Morgan fingerprint density at radius 2 is 1.82 bits per heavy atom. The first-order valence-corrected chi connectivity index (χ1v) is 4.92. The van der Waals surface area contributed by atoms with Crippen LogP contribution in [-0.2, 0) is 0 Å². The van der Waals surface area contributed by atoms with E-state index in [1.165, 1.54) is 32.1 Å². The van der Waals surface area contributed by atoms with Crippen LogP contribution in [0.4, 0.5) is 0 Å². The molecule has 1 aliphatic rings. The van der Waals surface area contributed by atoms with Gasteiger partial charge in [-0.25, -0.2) is 0 Å². The molecule has 1 aliphatic carbocycles. The zero-order valence-electron chi connectivity index (χ0n) is 8.19. The highest BCUT2D eigenvalue weighted by atomic mass is 14.3. The standard InChI is InChI=1S/C11H21/c1-11(2,3)10-8-6-4-5-7-9-10/h4,10H,5-9H2,1-3H3. The quantitative estimate of drug-likeness (QED) is 0.464. The van der Waals surface area contributed by atoms with Crippen LogP contribution in [0.2, 0.25) is 0 Å². The summed E-state index contributed by atoms with van der Waals surface area (Å²) in [4.78, 5) is 0. The third-order valence-electron chi connectivity index (χ3n) is 2.90. The van der Waals surface area contributed by atoms with E-state index in [1.54, 1.807) is 0 Å². The van der Waals surface area contributed by atoms with E-state index in [1.807, 2.05) is 0 Å². The maximum absolute atomic E-state index is 2.46. The number of hydrogen-bond acceptors (Lipinski definition) is 0. The van der Waals surface area contributed by atoms with Gasteiger partial charge in [-0.3, -0.25) is 0 Å². The lowest BCUT2D eigenvalue weighted by Gasteiger charge is -2.29. The smallest absolute Gasteiger partial charge is 0.0354 e. The molecular formula is C11H21. The second-order valence-corrected chi connectivity index (χ2v) is 4.86. The molecule has 0 aromatic rings. The van der Waals surface area contributed by atoms with Gasteiger partial charge in [0, 0.05) is 0 Å². The SMILES string of the molecule is CC(C)(C)C1CC[CH]CCC1. The molecule has 0 saturated heterocycles. The van der Waals surface area contributed by atoms with E-state index in [4.69, 9.17) is 0 Å². The van der Waals surface area contributed by atoms with Gasteiger partial charge in [0.2, 0.25) is 0 Å². The van der Waals surface area contributed by atoms with Gasteiger partial charge in [0.25, 0.3) is 0 Å². The van der Waals surface area contributed by atoms with Gasteiger partial charge in [-0.2, -0.15) is 0 Å². The fourth-order valence-corrected chi connectivity index (χ4v) is 1.98. The average Bonchev–Trinajstić information content (AvgIpc) is 2.10. The second kappa shape index (κ2) is 3.60. The highest BCUT2D eigenvalue weighted by Gasteiger charge is 2.24. The zero-order valence-corrected chi connectivity index (χ0v) is 8.19. The molecule has 0 spiro atoms. The minimum absolute atomic E-state index is 0.540. The maximum atomic E-state index is 2.46. The summed E-state index contributed by atoms with van der Waals surface area (Å²) >= 11 is 0. The van der Waals surface area contributed by atoms with Gasteiger partial charge < -0.3 is 0 Å². The highest BCUT2D eigenvalue weighted by molar-refractivity contribution is 4.80. The Morgan fingerprint density at radius 1 is 1.09 bits per heavy atom. The normalized spacial score (nSPS) is 23.2. The van der Waals surface area contributed by atoms with Crippen LogP contribution in [0.5, 0.6) is 0 Å². The Balaban J connectivity index is 2.43. The van der Waals surface area contributed by atoms with Gasteiger partial charge in [-0.15, -0.1) is 0 Å². The van der Waals surface area contributed by atoms with Crippen LogP contribution < -0.4 is 0 Å². The van der Waals surface area contributed by atoms with E-state index < -0.39 is 0 Å². The molecule has 11 heavy (non-hydrogen) atoms. The summed E-state index contributed by atoms with van der Waals surface area (Å²) in [5, 5.41) is 0. The van der Waals surface area contributed by atoms with E-state index in [0.717, 1.165) is 5.92 Å². The van der Waals surface area contributed by atoms with Crippen molar-refractivity contribution in [1.29, 1.82) is 0 Å². The first-order valence-electron chi connectivity index (χ1n) is 4.92. The average molecular weight is 153 g/mol. The summed E-state index contributed by atoms with van der Waals surface area (Å²) in [6, 6.07) is 0. The van der Waals surface area contributed by atoms with Crippen LogP contribution in [0.1, 0.15) is 52.9 Å². The molecule has 1 radical (unpaired) electrons. The van der Waals surface area contributed by atoms with Crippen LogP contribution in [0.15, 0.2) is 0 Å². The molecule has 1 fully saturated rings. The van der Waals surface area contributed by atoms with Crippen LogP contribution in [0.3, 0.4) is 0 Å². The van der Waals surface area contributed by atoms with Gasteiger partial charge in [-0.05, 0) is 37.0 Å². The van der Waals surface area contributed by atoms with Gasteiger partial charge >= 0.3 is 0 Å². The van der Waals surface area contributed by atoms with Crippen molar-refractivity contribution in [3.8, 4) is 0 Å². The fourth-order valence-electron chi connectivity index (χ4n) is 1.98. The van der Waals surface area contributed by atoms with Crippen molar-refractivity contribution < 1.29 is 0 Å². The van der Waals surface area contributed by atoms with Crippen molar-refractivity contribution in [2.45, 2.75) is 52.9 Å². The molecule has 0 N–H and O–H groups in total. The molecule has 0 nitrogen and oxygen atoms in total. The Labute approximate surface area is 71.4 Å². The predicted octanol–water partition coefficient (Wildman–Crippen LogP) is 3.82. The van der Waals surface area contributed by atoms with Crippen LogP contribution in [0.25, 0.3) is 0 Å². The van der Waals surface area contributed by atoms with E-state index in [-0.39, 0.29) is 0 Å². The molecule has 1 saturated carbocycles. The zero-order chi connectivity index (χ0) is 8.32. The van der Waals surface area contributed by atoms with Gasteiger partial charge in [0.05, 0.1) is 0 Å². The molecule has 0 aliphatic heterocycles. The van der Waals surface area contributed by atoms with Crippen LogP contribution in [-0.4, -0.2) is 0 Å². The molecule has 0 heterocycles. The predicted molar refractivity (Wildman–Crippen MR) is 50.3 cm³/mol. The van der Waals surface area contributed by atoms with Gasteiger partial charge in [0.1, 0.15) is 0 Å². The molecular weight excluding hydrogens is 132 g/mol. The third-order valence-corrected chi connectivity index (χ3v) is 2.90. The van der Waals surface area contributed by atoms with Crippen molar-refractivity contribution in [2.75, 3.05) is 0 Å². The summed E-state index contributed by atoms with van der Waals surface area (Å²) in [6.45, 7) is 7.13. The molecule has 65 valence electrons. The summed E-state index contributed by atoms with van der Waals surface area (Å²) in [5.41, 5.74) is 0.540. The molecule has 0 bridgehead atoms.